The Morgan fingerprint density at radius 2 is 2.20 bits per heavy atom. The van der Waals surface area contributed by atoms with E-state index in [2.05, 4.69) is 10.6 Å². The van der Waals surface area contributed by atoms with Crippen LogP contribution in [0.5, 0.6) is 0 Å². The lowest BCUT2D eigenvalue weighted by atomic mass is 9.89. The standard InChI is InChI=1S/C10H20N2O2S/c1-3-14-9-6-8(7-9)12-10(15)11-4-5-13-2/h8-9H,3-7H2,1-2H3,(H2,11,12,15). The molecule has 0 bridgehead atoms. The van der Waals surface area contributed by atoms with Crippen molar-refractivity contribution in [2.24, 2.45) is 0 Å². The van der Waals surface area contributed by atoms with Gasteiger partial charge in [0.2, 0.25) is 0 Å². The molecule has 15 heavy (non-hydrogen) atoms. The quantitative estimate of drug-likeness (QED) is 0.520. The molecule has 1 aliphatic carbocycles. The maximum atomic E-state index is 5.46. The third-order valence-corrected chi connectivity index (χ3v) is 2.69. The number of methoxy groups -OCH3 is 1. The Morgan fingerprint density at radius 3 is 2.80 bits per heavy atom. The summed E-state index contributed by atoms with van der Waals surface area (Å²) in [5, 5.41) is 7.05. The fraction of sp³-hybridized carbons (Fsp3) is 0.900. The van der Waals surface area contributed by atoms with Crippen LogP contribution in [-0.4, -0.2) is 44.1 Å². The van der Waals surface area contributed by atoms with E-state index in [1.807, 2.05) is 6.92 Å². The van der Waals surface area contributed by atoms with Gasteiger partial charge in [0.1, 0.15) is 0 Å². The second-order valence-electron chi connectivity index (χ2n) is 3.64. The Balaban J connectivity index is 1.98. The van der Waals surface area contributed by atoms with Crippen molar-refractivity contribution in [1.82, 2.24) is 10.6 Å². The molecular formula is C10H20N2O2S. The van der Waals surface area contributed by atoms with Crippen LogP contribution >= 0.6 is 12.2 Å². The number of ether oxygens (including phenoxy) is 2. The van der Waals surface area contributed by atoms with Crippen LogP contribution in [0.4, 0.5) is 0 Å². The average molecular weight is 232 g/mol. The normalized spacial score (nSPS) is 24.4. The van der Waals surface area contributed by atoms with Crippen molar-refractivity contribution in [3.63, 3.8) is 0 Å². The van der Waals surface area contributed by atoms with E-state index in [4.69, 9.17) is 21.7 Å². The highest BCUT2D eigenvalue weighted by molar-refractivity contribution is 7.80. The van der Waals surface area contributed by atoms with E-state index >= 15 is 0 Å². The molecule has 1 rings (SSSR count). The Hall–Kier alpha value is -0.390. The number of nitrogens with one attached hydrogen (secondary N) is 2. The number of hydrogen-bond donors (Lipinski definition) is 2. The molecule has 0 amide bonds. The Bertz CT molecular complexity index is 196. The molecule has 5 heteroatoms. The average Bonchev–Trinajstić information content (AvgIpc) is 2.15. The highest BCUT2D eigenvalue weighted by Crippen LogP contribution is 2.22. The first-order chi connectivity index (χ1) is 7.26. The molecule has 2 N–H and O–H groups in total. The summed E-state index contributed by atoms with van der Waals surface area (Å²) in [6.45, 7) is 4.25. The summed E-state index contributed by atoms with van der Waals surface area (Å²) in [7, 11) is 1.68. The lowest BCUT2D eigenvalue weighted by Gasteiger charge is -2.36. The molecule has 0 aromatic heterocycles. The van der Waals surface area contributed by atoms with E-state index in [1.165, 1.54) is 0 Å². The lowest BCUT2D eigenvalue weighted by molar-refractivity contribution is -0.00564. The minimum atomic E-state index is 0.425. The van der Waals surface area contributed by atoms with E-state index in [1.54, 1.807) is 7.11 Å². The maximum Gasteiger partial charge on any atom is 0.166 e. The molecule has 4 nitrogen and oxygen atoms in total. The van der Waals surface area contributed by atoms with E-state index in [-0.39, 0.29) is 0 Å². The molecule has 0 saturated heterocycles. The summed E-state index contributed by atoms with van der Waals surface area (Å²) in [6, 6.07) is 0.476. The van der Waals surface area contributed by atoms with E-state index in [0.717, 1.165) is 26.0 Å². The van der Waals surface area contributed by atoms with Gasteiger partial charge in [-0.3, -0.25) is 0 Å². The van der Waals surface area contributed by atoms with Gasteiger partial charge in [-0.25, -0.2) is 0 Å². The van der Waals surface area contributed by atoms with Crippen LogP contribution in [0.2, 0.25) is 0 Å². The SMILES string of the molecule is CCOC1CC(NC(=S)NCCOC)C1. The van der Waals surface area contributed by atoms with Gasteiger partial charge in [-0.2, -0.15) is 0 Å². The largest absolute Gasteiger partial charge is 0.383 e. The monoisotopic (exact) mass is 232 g/mol. The second kappa shape index (κ2) is 6.98. The Kier molecular flexibility index (Phi) is 5.90. The highest BCUT2D eigenvalue weighted by Gasteiger charge is 2.29. The van der Waals surface area contributed by atoms with Crippen molar-refractivity contribution >= 4 is 17.3 Å². The first-order valence-electron chi connectivity index (χ1n) is 5.41. The van der Waals surface area contributed by atoms with Crippen molar-refractivity contribution in [3.8, 4) is 0 Å². The summed E-state index contributed by atoms with van der Waals surface area (Å²) < 4.78 is 10.4. The van der Waals surface area contributed by atoms with Crippen LogP contribution in [-0.2, 0) is 9.47 Å². The predicted molar refractivity (Wildman–Crippen MR) is 64.0 cm³/mol. The summed E-state index contributed by atoms with van der Waals surface area (Å²) in [6.07, 6.45) is 2.54. The van der Waals surface area contributed by atoms with E-state index in [9.17, 15) is 0 Å². The first-order valence-corrected chi connectivity index (χ1v) is 5.82. The summed E-state index contributed by atoms with van der Waals surface area (Å²) in [4.78, 5) is 0. The summed E-state index contributed by atoms with van der Waals surface area (Å²) in [5.41, 5.74) is 0. The number of thiocarbonyl (C=S) groups is 1. The van der Waals surface area contributed by atoms with Gasteiger partial charge < -0.3 is 20.1 Å². The van der Waals surface area contributed by atoms with Crippen molar-refractivity contribution in [3.05, 3.63) is 0 Å². The Labute approximate surface area is 96.7 Å². The third kappa shape index (κ3) is 4.77. The zero-order valence-electron chi connectivity index (χ0n) is 9.41. The minimum absolute atomic E-state index is 0.425. The minimum Gasteiger partial charge on any atom is -0.383 e. The van der Waals surface area contributed by atoms with Gasteiger partial charge in [-0.05, 0) is 32.0 Å². The molecule has 0 aromatic carbocycles. The molecule has 1 saturated carbocycles. The summed E-state index contributed by atoms with van der Waals surface area (Å²) >= 11 is 5.13. The molecule has 1 aliphatic rings. The van der Waals surface area contributed by atoms with Crippen LogP contribution in [0.3, 0.4) is 0 Å². The zero-order valence-corrected chi connectivity index (χ0v) is 10.2. The molecule has 0 unspecified atom stereocenters. The zero-order chi connectivity index (χ0) is 11.1. The number of rotatable bonds is 6. The lowest BCUT2D eigenvalue weighted by Crippen LogP contribution is -2.51. The van der Waals surface area contributed by atoms with Crippen LogP contribution in [0.15, 0.2) is 0 Å². The van der Waals surface area contributed by atoms with Crippen molar-refractivity contribution in [1.29, 1.82) is 0 Å². The van der Waals surface area contributed by atoms with Gasteiger partial charge in [0.25, 0.3) is 0 Å². The third-order valence-electron chi connectivity index (χ3n) is 2.42. The molecular weight excluding hydrogens is 212 g/mol. The molecule has 0 aromatic rings. The van der Waals surface area contributed by atoms with Gasteiger partial charge in [0.15, 0.2) is 5.11 Å². The van der Waals surface area contributed by atoms with Gasteiger partial charge in [-0.15, -0.1) is 0 Å². The highest BCUT2D eigenvalue weighted by atomic mass is 32.1. The molecule has 0 aliphatic heterocycles. The molecule has 0 atom stereocenters. The molecule has 88 valence electrons. The van der Waals surface area contributed by atoms with Crippen LogP contribution in [0.1, 0.15) is 19.8 Å². The Morgan fingerprint density at radius 1 is 1.47 bits per heavy atom. The number of hydrogen-bond acceptors (Lipinski definition) is 3. The molecule has 0 heterocycles. The van der Waals surface area contributed by atoms with Gasteiger partial charge in [0, 0.05) is 26.3 Å². The van der Waals surface area contributed by atoms with Crippen molar-refractivity contribution < 1.29 is 9.47 Å². The van der Waals surface area contributed by atoms with E-state index < -0.39 is 0 Å². The smallest absolute Gasteiger partial charge is 0.166 e. The first kappa shape index (κ1) is 12.7. The molecule has 0 spiro atoms. The van der Waals surface area contributed by atoms with Crippen LogP contribution in [0, 0.1) is 0 Å². The van der Waals surface area contributed by atoms with E-state index in [0.29, 0.717) is 23.9 Å². The van der Waals surface area contributed by atoms with Gasteiger partial charge >= 0.3 is 0 Å². The van der Waals surface area contributed by atoms with Crippen LogP contribution < -0.4 is 10.6 Å². The fourth-order valence-corrected chi connectivity index (χ4v) is 1.83. The van der Waals surface area contributed by atoms with Crippen molar-refractivity contribution in [2.45, 2.75) is 31.9 Å². The van der Waals surface area contributed by atoms with Crippen molar-refractivity contribution in [2.75, 3.05) is 26.9 Å². The fourth-order valence-electron chi connectivity index (χ4n) is 1.56. The second-order valence-corrected chi connectivity index (χ2v) is 4.05. The topological polar surface area (TPSA) is 42.5 Å². The maximum absolute atomic E-state index is 5.46. The molecule has 0 radical (unpaired) electrons. The molecule has 1 fully saturated rings. The van der Waals surface area contributed by atoms with Gasteiger partial charge in [-0.1, -0.05) is 0 Å². The summed E-state index contributed by atoms with van der Waals surface area (Å²) in [5.74, 6) is 0. The predicted octanol–water partition coefficient (Wildman–Crippen LogP) is 0.664. The van der Waals surface area contributed by atoms with Gasteiger partial charge in [0.05, 0.1) is 12.7 Å². The van der Waals surface area contributed by atoms with Crippen LogP contribution in [0.25, 0.3) is 0 Å².